The summed E-state index contributed by atoms with van der Waals surface area (Å²) >= 11 is 0. The van der Waals surface area contributed by atoms with Gasteiger partial charge in [0.1, 0.15) is 5.60 Å². The fraction of sp³-hybridized carbons (Fsp3) is 0.667. The number of nitrogens with zero attached hydrogens (tertiary/aromatic N) is 2. The van der Waals surface area contributed by atoms with Gasteiger partial charge < -0.3 is 24.0 Å². The van der Waals surface area contributed by atoms with E-state index >= 15 is 0 Å². The average molecular weight is 374 g/mol. The van der Waals surface area contributed by atoms with E-state index in [4.69, 9.17) is 14.2 Å². The molecule has 1 aromatic carbocycles. The zero-order valence-electron chi connectivity index (χ0n) is 16.2. The quantitative estimate of drug-likeness (QED) is 0.764. The van der Waals surface area contributed by atoms with Gasteiger partial charge in [-0.2, -0.15) is 0 Å². The highest BCUT2D eigenvalue weighted by atomic mass is 16.5. The minimum Gasteiger partial charge on any atom is -0.493 e. The third-order valence-corrected chi connectivity index (χ3v) is 6.08. The first-order valence-electron chi connectivity index (χ1n) is 10.1. The Kier molecular flexibility index (Phi) is 5.55. The maximum atomic E-state index is 12.4. The summed E-state index contributed by atoms with van der Waals surface area (Å²) in [7, 11) is 1.60. The summed E-state index contributed by atoms with van der Waals surface area (Å²) in [5.41, 5.74) is -0.110. The molecule has 3 aliphatic heterocycles. The molecule has 0 radical (unpaired) electrons. The molecule has 4 rings (SSSR count). The van der Waals surface area contributed by atoms with Crippen LogP contribution in [0.4, 0.5) is 0 Å². The Hall–Kier alpha value is -1.79. The van der Waals surface area contributed by atoms with Crippen molar-refractivity contribution < 1.29 is 19.0 Å². The fourth-order valence-electron chi connectivity index (χ4n) is 4.44. The minimum atomic E-state index is -0.110. The summed E-state index contributed by atoms with van der Waals surface area (Å²) in [6, 6.07) is 7.39. The molecule has 6 heteroatoms. The number of amides is 1. The van der Waals surface area contributed by atoms with E-state index in [0.717, 1.165) is 13.0 Å². The highest BCUT2D eigenvalue weighted by molar-refractivity contribution is 5.79. The lowest BCUT2D eigenvalue weighted by molar-refractivity contribution is -0.190. The molecule has 0 bridgehead atoms. The van der Waals surface area contributed by atoms with Crippen LogP contribution in [-0.2, 0) is 9.53 Å². The summed E-state index contributed by atoms with van der Waals surface area (Å²) in [4.78, 5) is 16.8. The molecule has 0 aromatic heterocycles. The van der Waals surface area contributed by atoms with E-state index in [1.54, 1.807) is 7.11 Å². The fourth-order valence-corrected chi connectivity index (χ4v) is 4.44. The van der Waals surface area contributed by atoms with Crippen molar-refractivity contribution in [2.75, 3.05) is 53.0 Å². The van der Waals surface area contributed by atoms with Gasteiger partial charge in [0.25, 0.3) is 5.91 Å². The average Bonchev–Trinajstić information content (AvgIpc) is 3.18. The topological polar surface area (TPSA) is 51.2 Å². The lowest BCUT2D eigenvalue weighted by Crippen LogP contribution is -2.67. The number of hydrogen-bond donors (Lipinski definition) is 0. The van der Waals surface area contributed by atoms with E-state index in [1.165, 1.54) is 38.9 Å². The van der Waals surface area contributed by atoms with Crippen LogP contribution in [0.5, 0.6) is 11.5 Å². The molecule has 27 heavy (non-hydrogen) atoms. The number of benzene rings is 1. The summed E-state index contributed by atoms with van der Waals surface area (Å²) in [5, 5.41) is 0. The van der Waals surface area contributed by atoms with E-state index in [0.29, 0.717) is 30.5 Å². The molecule has 6 nitrogen and oxygen atoms in total. The van der Waals surface area contributed by atoms with Crippen molar-refractivity contribution in [3.05, 3.63) is 24.3 Å². The molecule has 1 atom stereocenters. The summed E-state index contributed by atoms with van der Waals surface area (Å²) in [5.74, 6) is 1.90. The molecule has 0 N–H and O–H groups in total. The SMILES string of the molecule is COc1ccccc1OCC(=O)N1CC2(CC[C@@H](CN3CCCC3)CO2)C1. The first-order chi connectivity index (χ1) is 13.2. The third kappa shape index (κ3) is 4.22. The van der Waals surface area contributed by atoms with Gasteiger partial charge in [0.15, 0.2) is 18.1 Å². The molecule has 1 spiro atoms. The van der Waals surface area contributed by atoms with Crippen molar-refractivity contribution in [2.45, 2.75) is 31.3 Å². The Bertz CT molecular complexity index is 643. The number of hydrogen-bond acceptors (Lipinski definition) is 5. The van der Waals surface area contributed by atoms with E-state index in [9.17, 15) is 4.79 Å². The monoisotopic (exact) mass is 374 g/mol. The second-order valence-corrected chi connectivity index (χ2v) is 8.10. The van der Waals surface area contributed by atoms with Gasteiger partial charge in [-0.15, -0.1) is 0 Å². The smallest absolute Gasteiger partial charge is 0.260 e. The molecule has 0 aliphatic carbocycles. The van der Waals surface area contributed by atoms with Crippen LogP contribution in [0.15, 0.2) is 24.3 Å². The second-order valence-electron chi connectivity index (χ2n) is 8.10. The van der Waals surface area contributed by atoms with Crippen molar-refractivity contribution in [2.24, 2.45) is 5.92 Å². The van der Waals surface area contributed by atoms with Gasteiger partial charge in [0, 0.05) is 6.54 Å². The molecule has 0 unspecified atom stereocenters. The normalized spacial score (nSPS) is 24.6. The number of likely N-dealkylation sites (tertiary alicyclic amines) is 2. The first kappa shape index (κ1) is 18.6. The van der Waals surface area contributed by atoms with E-state index < -0.39 is 0 Å². The number of ether oxygens (including phenoxy) is 3. The molecule has 0 saturated carbocycles. The lowest BCUT2D eigenvalue weighted by atomic mass is 9.82. The van der Waals surface area contributed by atoms with E-state index in [1.807, 2.05) is 29.2 Å². The van der Waals surface area contributed by atoms with E-state index in [2.05, 4.69) is 4.90 Å². The predicted octanol–water partition coefficient (Wildman–Crippen LogP) is 2.18. The second kappa shape index (κ2) is 8.07. The number of carbonyl (C=O) groups excluding carboxylic acids is 1. The standard InChI is InChI=1S/C21H30N2O4/c1-25-18-6-2-3-7-19(18)26-14-20(24)23-15-21(16-23)9-8-17(13-27-21)12-22-10-4-5-11-22/h2-3,6-7,17H,4-5,8-16H2,1H3/t17-/m0/s1. The van der Waals surface area contributed by atoms with Crippen LogP contribution >= 0.6 is 0 Å². The Balaban J connectivity index is 1.19. The van der Waals surface area contributed by atoms with E-state index in [-0.39, 0.29) is 18.1 Å². The Morgan fingerprint density at radius 3 is 2.63 bits per heavy atom. The van der Waals surface area contributed by atoms with Crippen molar-refractivity contribution in [3.63, 3.8) is 0 Å². The highest BCUT2D eigenvalue weighted by Gasteiger charge is 2.48. The molecule has 3 heterocycles. The van der Waals surface area contributed by atoms with Gasteiger partial charge in [-0.3, -0.25) is 4.79 Å². The molecule has 3 saturated heterocycles. The summed E-state index contributed by atoms with van der Waals surface area (Å²) in [6.07, 6.45) is 4.94. The van der Waals surface area contributed by atoms with Crippen LogP contribution in [0.25, 0.3) is 0 Å². The maximum absolute atomic E-state index is 12.4. The van der Waals surface area contributed by atoms with Crippen molar-refractivity contribution in [1.82, 2.24) is 9.80 Å². The molecule has 1 aromatic rings. The zero-order valence-corrected chi connectivity index (χ0v) is 16.2. The zero-order chi connectivity index (χ0) is 18.7. The molecule has 148 valence electrons. The van der Waals surface area contributed by atoms with Crippen molar-refractivity contribution in [3.8, 4) is 11.5 Å². The number of methoxy groups -OCH3 is 1. The summed E-state index contributed by atoms with van der Waals surface area (Å²) < 4.78 is 17.1. The van der Waals surface area contributed by atoms with Gasteiger partial charge in [-0.1, -0.05) is 12.1 Å². The Morgan fingerprint density at radius 2 is 1.96 bits per heavy atom. The molecule has 3 fully saturated rings. The van der Waals surface area contributed by atoms with Crippen LogP contribution < -0.4 is 9.47 Å². The number of rotatable bonds is 6. The van der Waals surface area contributed by atoms with Crippen LogP contribution in [0, 0.1) is 5.92 Å². The molecule has 1 amide bonds. The maximum Gasteiger partial charge on any atom is 0.260 e. The first-order valence-corrected chi connectivity index (χ1v) is 10.1. The van der Waals surface area contributed by atoms with Gasteiger partial charge >= 0.3 is 0 Å². The highest BCUT2D eigenvalue weighted by Crippen LogP contribution is 2.36. The predicted molar refractivity (Wildman–Crippen MR) is 102 cm³/mol. The van der Waals surface area contributed by atoms with Gasteiger partial charge in [-0.05, 0) is 56.8 Å². The van der Waals surface area contributed by atoms with Crippen LogP contribution in [0.3, 0.4) is 0 Å². The van der Waals surface area contributed by atoms with Crippen molar-refractivity contribution >= 4 is 5.91 Å². The van der Waals surface area contributed by atoms with Crippen LogP contribution in [0.2, 0.25) is 0 Å². The minimum absolute atomic E-state index is 0.00863. The molecule has 3 aliphatic rings. The molecular formula is C21H30N2O4. The molecular weight excluding hydrogens is 344 g/mol. The van der Waals surface area contributed by atoms with Crippen LogP contribution in [-0.4, -0.2) is 74.4 Å². The largest absolute Gasteiger partial charge is 0.493 e. The third-order valence-electron chi connectivity index (χ3n) is 6.08. The number of carbonyl (C=O) groups is 1. The van der Waals surface area contributed by atoms with Crippen molar-refractivity contribution in [1.29, 1.82) is 0 Å². The van der Waals surface area contributed by atoms with Crippen LogP contribution in [0.1, 0.15) is 25.7 Å². The van der Waals surface area contributed by atoms with Gasteiger partial charge in [0.05, 0.1) is 26.8 Å². The lowest BCUT2D eigenvalue weighted by Gasteiger charge is -2.52. The Morgan fingerprint density at radius 1 is 1.22 bits per heavy atom. The Labute approximate surface area is 161 Å². The number of para-hydroxylation sites is 2. The summed E-state index contributed by atoms with van der Waals surface area (Å²) in [6.45, 7) is 5.91. The van der Waals surface area contributed by atoms with Gasteiger partial charge in [0.2, 0.25) is 0 Å². The van der Waals surface area contributed by atoms with Gasteiger partial charge in [-0.25, -0.2) is 0 Å².